The molecular formula is C13H11ClFNO. The highest BCUT2D eigenvalue weighted by atomic mass is 35.5. The van der Waals surface area contributed by atoms with Gasteiger partial charge in [-0.15, -0.1) is 0 Å². The molecule has 0 radical (unpaired) electrons. The molecule has 0 bridgehead atoms. The molecular weight excluding hydrogens is 241 g/mol. The van der Waals surface area contributed by atoms with Crippen LogP contribution >= 0.6 is 11.6 Å². The van der Waals surface area contributed by atoms with Crippen LogP contribution in [0.15, 0.2) is 42.5 Å². The Labute approximate surface area is 103 Å². The molecule has 4 heteroatoms. The molecule has 2 aromatic carbocycles. The molecule has 0 heterocycles. The molecule has 3 N–H and O–H groups in total. The average Bonchev–Trinajstić information content (AvgIpc) is 2.31. The number of halogens is 2. The largest absolute Gasteiger partial charge is 0.398 e. The van der Waals surface area contributed by atoms with Crippen LogP contribution in [0.5, 0.6) is 0 Å². The van der Waals surface area contributed by atoms with E-state index < -0.39 is 11.9 Å². The van der Waals surface area contributed by atoms with Crippen LogP contribution in [0.1, 0.15) is 17.2 Å². The topological polar surface area (TPSA) is 46.2 Å². The van der Waals surface area contributed by atoms with E-state index in [1.54, 1.807) is 24.3 Å². The molecule has 17 heavy (non-hydrogen) atoms. The van der Waals surface area contributed by atoms with Crippen LogP contribution in [0.25, 0.3) is 0 Å². The Balaban J connectivity index is 2.43. The summed E-state index contributed by atoms with van der Waals surface area (Å²) in [7, 11) is 0. The summed E-state index contributed by atoms with van der Waals surface area (Å²) < 4.78 is 13.1. The quantitative estimate of drug-likeness (QED) is 0.806. The number of aliphatic hydroxyl groups excluding tert-OH is 1. The molecule has 88 valence electrons. The van der Waals surface area contributed by atoms with Crippen molar-refractivity contribution in [3.8, 4) is 0 Å². The highest BCUT2D eigenvalue weighted by molar-refractivity contribution is 6.30. The number of benzene rings is 2. The minimum absolute atomic E-state index is 0.401. The number of nitrogen functional groups attached to an aromatic ring is 1. The molecule has 2 nitrogen and oxygen atoms in total. The van der Waals surface area contributed by atoms with Crippen molar-refractivity contribution in [2.24, 2.45) is 0 Å². The predicted octanol–water partition coefficient (Wildman–Crippen LogP) is 3.14. The molecule has 0 fully saturated rings. The van der Waals surface area contributed by atoms with Crippen molar-refractivity contribution in [3.05, 3.63) is 64.4 Å². The third-order valence-corrected chi connectivity index (χ3v) is 2.74. The van der Waals surface area contributed by atoms with Crippen molar-refractivity contribution in [2.75, 3.05) is 5.73 Å². The molecule has 1 atom stereocenters. The minimum atomic E-state index is -0.982. The third kappa shape index (κ3) is 2.57. The molecule has 0 aliphatic rings. The maximum absolute atomic E-state index is 13.1. The lowest BCUT2D eigenvalue weighted by Crippen LogP contribution is -2.04. The zero-order valence-corrected chi connectivity index (χ0v) is 9.66. The molecule has 0 aliphatic carbocycles. The molecule has 0 saturated heterocycles. The van der Waals surface area contributed by atoms with Crippen LogP contribution in [0, 0.1) is 5.82 Å². The first-order valence-electron chi connectivity index (χ1n) is 5.06. The fraction of sp³-hybridized carbons (Fsp3) is 0.0769. The van der Waals surface area contributed by atoms with Gasteiger partial charge in [-0.2, -0.15) is 0 Å². The van der Waals surface area contributed by atoms with Gasteiger partial charge in [0.15, 0.2) is 0 Å². The number of rotatable bonds is 2. The molecule has 2 aromatic rings. The average molecular weight is 252 g/mol. The first kappa shape index (κ1) is 11.9. The number of aliphatic hydroxyl groups is 1. The molecule has 1 unspecified atom stereocenters. The van der Waals surface area contributed by atoms with Crippen LogP contribution in [-0.2, 0) is 0 Å². The lowest BCUT2D eigenvalue weighted by Gasteiger charge is -2.14. The Bertz CT molecular complexity index is 545. The van der Waals surface area contributed by atoms with Gasteiger partial charge in [0, 0.05) is 16.3 Å². The van der Waals surface area contributed by atoms with Crippen LogP contribution in [-0.4, -0.2) is 5.11 Å². The second-order valence-electron chi connectivity index (χ2n) is 3.73. The zero-order valence-electron chi connectivity index (χ0n) is 8.90. The van der Waals surface area contributed by atoms with Crippen LogP contribution in [0.4, 0.5) is 10.1 Å². The van der Waals surface area contributed by atoms with E-state index in [4.69, 9.17) is 17.3 Å². The van der Waals surface area contributed by atoms with E-state index in [9.17, 15) is 9.50 Å². The first-order chi connectivity index (χ1) is 8.08. The summed E-state index contributed by atoms with van der Waals surface area (Å²) in [6.07, 6.45) is -0.982. The van der Waals surface area contributed by atoms with Gasteiger partial charge in [0.25, 0.3) is 0 Å². The van der Waals surface area contributed by atoms with Crippen molar-refractivity contribution in [1.29, 1.82) is 0 Å². The molecule has 0 amide bonds. The van der Waals surface area contributed by atoms with Gasteiger partial charge in [0.05, 0.1) is 0 Å². The Morgan fingerprint density at radius 2 is 1.94 bits per heavy atom. The highest BCUT2D eigenvalue weighted by Gasteiger charge is 2.14. The monoisotopic (exact) mass is 251 g/mol. The van der Waals surface area contributed by atoms with Crippen LogP contribution in [0.3, 0.4) is 0 Å². The molecule has 0 aliphatic heterocycles. The van der Waals surface area contributed by atoms with Gasteiger partial charge in [-0.05, 0) is 35.9 Å². The van der Waals surface area contributed by atoms with E-state index in [2.05, 4.69) is 0 Å². The Hall–Kier alpha value is -1.58. The van der Waals surface area contributed by atoms with Gasteiger partial charge < -0.3 is 10.8 Å². The summed E-state index contributed by atoms with van der Waals surface area (Å²) in [5.41, 5.74) is 7.09. The zero-order chi connectivity index (χ0) is 12.4. The van der Waals surface area contributed by atoms with Crippen molar-refractivity contribution in [3.63, 3.8) is 0 Å². The lowest BCUT2D eigenvalue weighted by molar-refractivity contribution is 0.220. The first-order valence-corrected chi connectivity index (χ1v) is 5.44. The van der Waals surface area contributed by atoms with Gasteiger partial charge in [-0.25, -0.2) is 4.39 Å². The summed E-state index contributed by atoms with van der Waals surface area (Å²) in [6, 6.07) is 10.6. The van der Waals surface area contributed by atoms with Gasteiger partial charge >= 0.3 is 0 Å². The fourth-order valence-electron chi connectivity index (χ4n) is 1.64. The minimum Gasteiger partial charge on any atom is -0.398 e. The summed E-state index contributed by atoms with van der Waals surface area (Å²) in [5.74, 6) is -0.401. The van der Waals surface area contributed by atoms with Crippen LogP contribution < -0.4 is 5.73 Å². The fourth-order valence-corrected chi connectivity index (χ4v) is 1.82. The van der Waals surface area contributed by atoms with E-state index in [1.807, 2.05) is 0 Å². The summed E-state index contributed by atoms with van der Waals surface area (Å²) in [6.45, 7) is 0. The highest BCUT2D eigenvalue weighted by Crippen LogP contribution is 2.29. The van der Waals surface area contributed by atoms with E-state index in [-0.39, 0.29) is 0 Å². The van der Waals surface area contributed by atoms with E-state index in [0.29, 0.717) is 21.8 Å². The summed E-state index contributed by atoms with van der Waals surface area (Å²) in [4.78, 5) is 0. The molecule has 0 aromatic heterocycles. The van der Waals surface area contributed by atoms with Gasteiger partial charge in [-0.1, -0.05) is 23.7 Å². The van der Waals surface area contributed by atoms with Crippen molar-refractivity contribution < 1.29 is 9.50 Å². The number of hydrogen-bond acceptors (Lipinski definition) is 2. The van der Waals surface area contributed by atoms with Gasteiger partial charge in [0.2, 0.25) is 0 Å². The van der Waals surface area contributed by atoms with Crippen molar-refractivity contribution in [1.82, 2.24) is 0 Å². The van der Waals surface area contributed by atoms with Gasteiger partial charge in [-0.3, -0.25) is 0 Å². The van der Waals surface area contributed by atoms with Gasteiger partial charge in [0.1, 0.15) is 11.9 Å². The Morgan fingerprint density at radius 3 is 2.65 bits per heavy atom. The van der Waals surface area contributed by atoms with Crippen molar-refractivity contribution >= 4 is 17.3 Å². The maximum atomic E-state index is 13.1. The SMILES string of the molecule is Nc1ccc(Cl)cc1C(O)c1cccc(F)c1. The second kappa shape index (κ2) is 4.73. The third-order valence-electron chi connectivity index (χ3n) is 2.51. The van der Waals surface area contributed by atoms with Crippen LogP contribution in [0.2, 0.25) is 5.02 Å². The molecule has 2 rings (SSSR count). The summed E-state index contributed by atoms with van der Waals surface area (Å²) in [5, 5.41) is 10.6. The number of hydrogen-bond donors (Lipinski definition) is 2. The van der Waals surface area contributed by atoms with E-state index >= 15 is 0 Å². The Morgan fingerprint density at radius 1 is 1.18 bits per heavy atom. The number of nitrogens with two attached hydrogens (primary N) is 1. The standard InChI is InChI=1S/C13H11ClFNO/c14-9-4-5-12(16)11(7-9)13(17)8-2-1-3-10(15)6-8/h1-7,13,17H,16H2. The van der Waals surface area contributed by atoms with E-state index in [1.165, 1.54) is 18.2 Å². The molecule has 0 spiro atoms. The number of anilines is 1. The normalized spacial score (nSPS) is 12.4. The van der Waals surface area contributed by atoms with E-state index in [0.717, 1.165) is 0 Å². The lowest BCUT2D eigenvalue weighted by atomic mass is 10.00. The van der Waals surface area contributed by atoms with Crippen molar-refractivity contribution in [2.45, 2.75) is 6.10 Å². The maximum Gasteiger partial charge on any atom is 0.123 e. The summed E-state index contributed by atoms with van der Waals surface area (Å²) >= 11 is 5.84. The molecule has 0 saturated carbocycles. The smallest absolute Gasteiger partial charge is 0.123 e. The predicted molar refractivity (Wildman–Crippen MR) is 66.3 cm³/mol. The second-order valence-corrected chi connectivity index (χ2v) is 4.17. The Kier molecular flexibility index (Phi) is 3.31.